The van der Waals surface area contributed by atoms with Crippen molar-refractivity contribution in [3.05, 3.63) is 24.2 Å². The zero-order valence-corrected chi connectivity index (χ0v) is 16.5. The van der Waals surface area contributed by atoms with E-state index in [1.807, 2.05) is 28.8 Å². The lowest BCUT2D eigenvalue weighted by Crippen LogP contribution is -2.49. The minimum Gasteiger partial charge on any atom is -0.353 e. The van der Waals surface area contributed by atoms with Crippen LogP contribution in [0.15, 0.2) is 22.9 Å². The van der Waals surface area contributed by atoms with E-state index in [2.05, 4.69) is 20.0 Å². The van der Waals surface area contributed by atoms with E-state index in [0.29, 0.717) is 22.7 Å². The number of hydrogen-bond acceptors (Lipinski definition) is 7. The van der Waals surface area contributed by atoms with Crippen molar-refractivity contribution in [1.82, 2.24) is 20.0 Å². The molecule has 1 amide bonds. The second-order valence-electron chi connectivity index (χ2n) is 7.13. The Labute approximate surface area is 163 Å². The second kappa shape index (κ2) is 8.29. The highest BCUT2D eigenvalue weighted by Crippen LogP contribution is 2.29. The zero-order valence-electron chi connectivity index (χ0n) is 15.6. The van der Waals surface area contributed by atoms with Gasteiger partial charge in [0.25, 0.3) is 0 Å². The van der Waals surface area contributed by atoms with E-state index in [-0.39, 0.29) is 5.91 Å². The van der Waals surface area contributed by atoms with E-state index in [0.717, 1.165) is 37.6 Å². The second-order valence-corrected chi connectivity index (χ2v) is 8.42. The van der Waals surface area contributed by atoms with Crippen LogP contribution in [-0.2, 0) is 4.79 Å². The van der Waals surface area contributed by atoms with Gasteiger partial charge < -0.3 is 14.3 Å². The van der Waals surface area contributed by atoms with Crippen molar-refractivity contribution in [2.45, 2.75) is 37.9 Å². The third kappa shape index (κ3) is 4.43. The van der Waals surface area contributed by atoms with Crippen LogP contribution in [0.5, 0.6) is 0 Å². The molecule has 0 bridgehead atoms. The Balaban J connectivity index is 1.27. The first-order valence-electron chi connectivity index (χ1n) is 9.60. The molecule has 3 heterocycles. The maximum atomic E-state index is 12.4. The molecule has 27 heavy (non-hydrogen) atoms. The SMILES string of the molecule is Cc1nc(-c2ccc(N3CCN(C(=O)CSC4CCCC4)CC3)nc2)no1. The highest BCUT2D eigenvalue weighted by Gasteiger charge is 2.23. The van der Waals surface area contributed by atoms with Crippen LogP contribution in [0.4, 0.5) is 5.82 Å². The van der Waals surface area contributed by atoms with Gasteiger partial charge in [-0.05, 0) is 25.0 Å². The van der Waals surface area contributed by atoms with Crippen LogP contribution < -0.4 is 4.90 Å². The number of carbonyl (C=O) groups is 1. The van der Waals surface area contributed by atoms with Crippen LogP contribution in [0, 0.1) is 6.92 Å². The van der Waals surface area contributed by atoms with E-state index in [1.165, 1.54) is 25.7 Å². The Kier molecular flexibility index (Phi) is 5.61. The van der Waals surface area contributed by atoms with Gasteiger partial charge in [0.1, 0.15) is 5.82 Å². The molecule has 2 aliphatic rings. The summed E-state index contributed by atoms with van der Waals surface area (Å²) in [6.45, 7) is 4.92. The van der Waals surface area contributed by atoms with Crippen molar-refractivity contribution in [2.75, 3.05) is 36.8 Å². The van der Waals surface area contributed by atoms with E-state index >= 15 is 0 Å². The molecule has 0 N–H and O–H groups in total. The summed E-state index contributed by atoms with van der Waals surface area (Å²) in [5.41, 5.74) is 0.841. The van der Waals surface area contributed by atoms with Gasteiger partial charge in [-0.15, -0.1) is 11.8 Å². The summed E-state index contributed by atoms with van der Waals surface area (Å²) in [6, 6.07) is 3.94. The van der Waals surface area contributed by atoms with Gasteiger partial charge in [-0.25, -0.2) is 4.98 Å². The van der Waals surface area contributed by atoms with Gasteiger partial charge >= 0.3 is 0 Å². The largest absolute Gasteiger partial charge is 0.353 e. The lowest BCUT2D eigenvalue weighted by Gasteiger charge is -2.35. The minimum absolute atomic E-state index is 0.280. The predicted molar refractivity (Wildman–Crippen MR) is 106 cm³/mol. The lowest BCUT2D eigenvalue weighted by molar-refractivity contribution is -0.128. The average molecular weight is 388 g/mol. The molecule has 0 unspecified atom stereocenters. The quantitative estimate of drug-likeness (QED) is 0.781. The molecule has 2 aromatic rings. The van der Waals surface area contributed by atoms with Crippen LogP contribution in [0.1, 0.15) is 31.6 Å². The number of carbonyl (C=O) groups excluding carboxylic acids is 1. The molecule has 1 aliphatic carbocycles. The Hall–Kier alpha value is -2.09. The molecular formula is C19H25N5O2S. The molecule has 0 radical (unpaired) electrons. The van der Waals surface area contributed by atoms with Crippen LogP contribution in [-0.4, -0.2) is 63.1 Å². The molecule has 1 saturated carbocycles. The number of amides is 1. The van der Waals surface area contributed by atoms with Crippen molar-refractivity contribution >= 4 is 23.5 Å². The molecule has 1 aliphatic heterocycles. The fourth-order valence-corrected chi connectivity index (χ4v) is 4.87. The van der Waals surface area contributed by atoms with Crippen LogP contribution >= 0.6 is 11.8 Å². The molecule has 2 fully saturated rings. The third-order valence-electron chi connectivity index (χ3n) is 5.23. The molecular weight excluding hydrogens is 362 g/mol. The molecule has 0 aromatic carbocycles. The Bertz CT molecular complexity index is 765. The molecule has 2 aromatic heterocycles. The van der Waals surface area contributed by atoms with Crippen molar-refractivity contribution < 1.29 is 9.32 Å². The summed E-state index contributed by atoms with van der Waals surface area (Å²) < 4.78 is 5.01. The fraction of sp³-hybridized carbons (Fsp3) is 0.579. The summed E-state index contributed by atoms with van der Waals surface area (Å²) in [4.78, 5) is 25.4. The number of nitrogens with zero attached hydrogens (tertiary/aromatic N) is 5. The number of piperazine rings is 1. The summed E-state index contributed by atoms with van der Waals surface area (Å²) in [5.74, 6) is 2.93. The molecule has 4 rings (SSSR count). The first-order valence-corrected chi connectivity index (χ1v) is 10.6. The van der Waals surface area contributed by atoms with E-state index in [4.69, 9.17) is 4.52 Å². The molecule has 1 saturated heterocycles. The Morgan fingerprint density at radius 3 is 2.63 bits per heavy atom. The number of anilines is 1. The van der Waals surface area contributed by atoms with E-state index in [1.54, 1.807) is 13.1 Å². The van der Waals surface area contributed by atoms with Crippen molar-refractivity contribution in [2.24, 2.45) is 0 Å². The first kappa shape index (κ1) is 18.3. The van der Waals surface area contributed by atoms with Gasteiger partial charge in [0.05, 0.1) is 5.75 Å². The monoisotopic (exact) mass is 387 g/mol. The Morgan fingerprint density at radius 1 is 1.22 bits per heavy atom. The fourth-order valence-electron chi connectivity index (χ4n) is 3.64. The third-order valence-corrected chi connectivity index (χ3v) is 6.59. The van der Waals surface area contributed by atoms with Crippen molar-refractivity contribution in [3.8, 4) is 11.4 Å². The number of hydrogen-bond donors (Lipinski definition) is 0. The normalized spacial score (nSPS) is 18.3. The maximum Gasteiger partial charge on any atom is 0.232 e. The summed E-state index contributed by atoms with van der Waals surface area (Å²) in [5, 5.41) is 4.61. The number of aromatic nitrogens is 3. The highest BCUT2D eigenvalue weighted by molar-refractivity contribution is 8.00. The number of thioether (sulfide) groups is 1. The molecule has 144 valence electrons. The summed E-state index contributed by atoms with van der Waals surface area (Å²) in [7, 11) is 0. The van der Waals surface area contributed by atoms with Gasteiger partial charge in [-0.2, -0.15) is 4.98 Å². The lowest BCUT2D eigenvalue weighted by atomic mass is 10.2. The molecule has 0 atom stereocenters. The van der Waals surface area contributed by atoms with Gasteiger partial charge in [0, 0.05) is 50.1 Å². The molecule has 0 spiro atoms. The maximum absolute atomic E-state index is 12.4. The average Bonchev–Trinajstić information content (AvgIpc) is 3.38. The van der Waals surface area contributed by atoms with Crippen molar-refractivity contribution in [3.63, 3.8) is 0 Å². The molecule has 7 nitrogen and oxygen atoms in total. The van der Waals surface area contributed by atoms with E-state index in [9.17, 15) is 4.79 Å². The highest BCUT2D eigenvalue weighted by atomic mass is 32.2. The topological polar surface area (TPSA) is 75.4 Å². The predicted octanol–water partition coefficient (Wildman–Crippen LogP) is 2.76. The van der Waals surface area contributed by atoms with Gasteiger partial charge in [-0.1, -0.05) is 18.0 Å². The van der Waals surface area contributed by atoms with Gasteiger partial charge in [-0.3, -0.25) is 4.79 Å². The number of aryl methyl sites for hydroxylation is 1. The molecule has 8 heteroatoms. The van der Waals surface area contributed by atoms with Crippen LogP contribution in [0.3, 0.4) is 0 Å². The smallest absolute Gasteiger partial charge is 0.232 e. The number of pyridine rings is 1. The van der Waals surface area contributed by atoms with Crippen LogP contribution in [0.25, 0.3) is 11.4 Å². The summed E-state index contributed by atoms with van der Waals surface area (Å²) >= 11 is 1.85. The van der Waals surface area contributed by atoms with Crippen molar-refractivity contribution in [1.29, 1.82) is 0 Å². The first-order chi connectivity index (χ1) is 13.2. The van der Waals surface area contributed by atoms with Gasteiger partial charge in [0.2, 0.25) is 17.6 Å². The van der Waals surface area contributed by atoms with E-state index < -0.39 is 0 Å². The Morgan fingerprint density at radius 2 is 2.00 bits per heavy atom. The van der Waals surface area contributed by atoms with Crippen LogP contribution in [0.2, 0.25) is 0 Å². The zero-order chi connectivity index (χ0) is 18.6. The van der Waals surface area contributed by atoms with Gasteiger partial charge in [0.15, 0.2) is 0 Å². The number of rotatable bonds is 5. The summed E-state index contributed by atoms with van der Waals surface area (Å²) in [6.07, 6.45) is 6.97. The standard InChI is InChI=1S/C19H25N5O2S/c1-14-21-19(22-26-14)15-6-7-17(20-12-15)23-8-10-24(11-9-23)18(25)13-27-16-4-2-3-5-16/h6-7,12,16H,2-5,8-11,13H2,1H3. The minimum atomic E-state index is 0.280.